The molecule has 1 spiro atoms. The SMILES string of the molecule is CC(C)n1nc(C(F)(F)F)cc1C1=CCC2(CC1)OCCO2. The summed E-state index contributed by atoms with van der Waals surface area (Å²) >= 11 is 0. The summed E-state index contributed by atoms with van der Waals surface area (Å²) in [4.78, 5) is 0. The van der Waals surface area contributed by atoms with Gasteiger partial charge in [-0.2, -0.15) is 18.3 Å². The molecule has 0 aromatic carbocycles. The van der Waals surface area contributed by atoms with Crippen molar-refractivity contribution in [1.82, 2.24) is 9.78 Å². The molecule has 0 bridgehead atoms. The van der Waals surface area contributed by atoms with Crippen molar-refractivity contribution in [2.75, 3.05) is 13.2 Å². The molecular weight excluding hydrogens is 297 g/mol. The maximum absolute atomic E-state index is 12.9. The van der Waals surface area contributed by atoms with Crippen molar-refractivity contribution in [3.8, 4) is 0 Å². The highest BCUT2D eigenvalue weighted by atomic mass is 19.4. The van der Waals surface area contributed by atoms with Crippen LogP contribution >= 0.6 is 0 Å². The highest BCUT2D eigenvalue weighted by Gasteiger charge is 2.39. The number of rotatable bonds is 2. The smallest absolute Gasteiger partial charge is 0.347 e. The number of alkyl halides is 3. The van der Waals surface area contributed by atoms with Crippen LogP contribution in [0.2, 0.25) is 0 Å². The van der Waals surface area contributed by atoms with E-state index >= 15 is 0 Å². The molecule has 22 heavy (non-hydrogen) atoms. The highest BCUT2D eigenvalue weighted by Crippen LogP contribution is 2.40. The summed E-state index contributed by atoms with van der Waals surface area (Å²) in [5.41, 5.74) is 0.572. The fourth-order valence-corrected chi connectivity index (χ4v) is 2.97. The van der Waals surface area contributed by atoms with Crippen molar-refractivity contribution >= 4 is 5.57 Å². The standard InChI is InChI=1S/C15H19F3N2O2/c1-10(2)20-12(9-13(19-20)15(16,17)18)11-3-5-14(6-4-11)21-7-8-22-14/h3,9-10H,4-8H2,1-2H3. The zero-order valence-corrected chi connectivity index (χ0v) is 12.6. The number of nitrogens with zero attached hydrogens (tertiary/aromatic N) is 2. The van der Waals surface area contributed by atoms with Crippen LogP contribution < -0.4 is 0 Å². The molecule has 1 aliphatic heterocycles. The molecule has 0 unspecified atom stereocenters. The Kier molecular flexibility index (Phi) is 3.81. The van der Waals surface area contributed by atoms with E-state index in [9.17, 15) is 13.2 Å². The van der Waals surface area contributed by atoms with E-state index in [-0.39, 0.29) is 6.04 Å². The van der Waals surface area contributed by atoms with Gasteiger partial charge in [-0.15, -0.1) is 0 Å². The van der Waals surface area contributed by atoms with Crippen molar-refractivity contribution in [3.05, 3.63) is 23.5 Å². The molecular formula is C15H19F3N2O2. The summed E-state index contributed by atoms with van der Waals surface area (Å²) in [7, 11) is 0. The van der Waals surface area contributed by atoms with E-state index in [2.05, 4.69) is 5.10 Å². The summed E-state index contributed by atoms with van der Waals surface area (Å²) in [6.07, 6.45) is -0.667. The molecule has 0 radical (unpaired) electrons. The lowest BCUT2D eigenvalue weighted by Crippen LogP contribution is -2.31. The van der Waals surface area contributed by atoms with Crippen LogP contribution in [-0.2, 0) is 15.7 Å². The van der Waals surface area contributed by atoms with Gasteiger partial charge in [-0.1, -0.05) is 6.08 Å². The quantitative estimate of drug-likeness (QED) is 0.833. The first-order valence-electron chi connectivity index (χ1n) is 7.45. The maximum atomic E-state index is 12.9. The molecule has 2 heterocycles. The summed E-state index contributed by atoms with van der Waals surface area (Å²) in [5.74, 6) is -0.570. The third-order valence-electron chi connectivity index (χ3n) is 4.09. The van der Waals surface area contributed by atoms with Crippen molar-refractivity contribution in [3.63, 3.8) is 0 Å². The molecule has 1 aromatic heterocycles. The number of halogens is 3. The van der Waals surface area contributed by atoms with Gasteiger partial charge in [-0.3, -0.25) is 4.68 Å². The molecule has 2 aliphatic rings. The third-order valence-corrected chi connectivity index (χ3v) is 4.09. The van der Waals surface area contributed by atoms with E-state index in [1.165, 1.54) is 4.68 Å². The van der Waals surface area contributed by atoms with Gasteiger partial charge in [0.05, 0.1) is 18.9 Å². The summed E-state index contributed by atoms with van der Waals surface area (Å²) < 4.78 is 51.5. The first kappa shape index (κ1) is 15.6. The molecule has 0 amide bonds. The summed E-state index contributed by atoms with van der Waals surface area (Å²) in [6, 6.07) is 1.00. The molecule has 1 saturated heterocycles. The van der Waals surface area contributed by atoms with Gasteiger partial charge in [-0.05, 0) is 31.9 Å². The fourth-order valence-electron chi connectivity index (χ4n) is 2.97. The number of allylic oxidation sites excluding steroid dienone is 1. The minimum Gasteiger partial charge on any atom is -0.347 e. The Labute approximate surface area is 126 Å². The van der Waals surface area contributed by atoms with Crippen LogP contribution in [0.15, 0.2) is 12.1 Å². The summed E-state index contributed by atoms with van der Waals surface area (Å²) in [6.45, 7) is 4.80. The van der Waals surface area contributed by atoms with Crippen LogP contribution in [0.3, 0.4) is 0 Å². The Morgan fingerprint density at radius 2 is 1.95 bits per heavy atom. The minimum absolute atomic E-state index is 0.137. The number of hydrogen-bond acceptors (Lipinski definition) is 3. The molecule has 0 N–H and O–H groups in total. The van der Waals surface area contributed by atoms with Gasteiger partial charge in [0, 0.05) is 18.9 Å². The van der Waals surface area contributed by atoms with E-state index in [1.807, 2.05) is 19.9 Å². The molecule has 0 atom stereocenters. The van der Waals surface area contributed by atoms with Gasteiger partial charge in [-0.25, -0.2) is 0 Å². The van der Waals surface area contributed by atoms with E-state index in [0.717, 1.165) is 11.6 Å². The Morgan fingerprint density at radius 1 is 1.27 bits per heavy atom. The fraction of sp³-hybridized carbons (Fsp3) is 0.667. The monoisotopic (exact) mass is 316 g/mol. The second kappa shape index (κ2) is 5.38. The van der Waals surface area contributed by atoms with Crippen LogP contribution in [0.1, 0.15) is 50.5 Å². The first-order chi connectivity index (χ1) is 10.3. The minimum atomic E-state index is -4.43. The lowest BCUT2D eigenvalue weighted by molar-refractivity contribution is -0.159. The lowest BCUT2D eigenvalue weighted by atomic mass is 9.92. The van der Waals surface area contributed by atoms with Gasteiger partial charge in [0.2, 0.25) is 0 Å². The molecule has 1 fully saturated rings. The van der Waals surface area contributed by atoms with Gasteiger partial charge < -0.3 is 9.47 Å². The second-order valence-corrected chi connectivity index (χ2v) is 5.99. The predicted molar refractivity (Wildman–Crippen MR) is 74.1 cm³/mol. The largest absolute Gasteiger partial charge is 0.435 e. The summed E-state index contributed by atoms with van der Waals surface area (Å²) in [5, 5.41) is 3.73. The number of hydrogen-bond donors (Lipinski definition) is 0. The maximum Gasteiger partial charge on any atom is 0.435 e. The van der Waals surface area contributed by atoms with Gasteiger partial charge >= 0.3 is 6.18 Å². The van der Waals surface area contributed by atoms with Crippen LogP contribution in [0.25, 0.3) is 5.57 Å². The lowest BCUT2D eigenvalue weighted by Gasteiger charge is -2.30. The van der Waals surface area contributed by atoms with E-state index in [4.69, 9.17) is 9.47 Å². The molecule has 4 nitrogen and oxygen atoms in total. The average Bonchev–Trinajstić information content (AvgIpc) is 3.06. The van der Waals surface area contributed by atoms with E-state index in [1.54, 1.807) is 0 Å². The molecule has 1 aliphatic carbocycles. The Balaban J connectivity index is 1.91. The molecule has 7 heteroatoms. The number of aromatic nitrogens is 2. The normalized spacial score (nSPS) is 21.6. The molecule has 3 rings (SSSR count). The van der Waals surface area contributed by atoms with Crippen molar-refractivity contribution in [2.24, 2.45) is 0 Å². The van der Waals surface area contributed by atoms with E-state index < -0.39 is 17.7 Å². The molecule has 1 aromatic rings. The zero-order chi connectivity index (χ0) is 16.0. The molecule has 122 valence electrons. The van der Waals surface area contributed by atoms with Crippen molar-refractivity contribution in [1.29, 1.82) is 0 Å². The van der Waals surface area contributed by atoms with Gasteiger partial charge in [0.25, 0.3) is 0 Å². The van der Waals surface area contributed by atoms with Crippen molar-refractivity contribution in [2.45, 2.75) is 51.1 Å². The van der Waals surface area contributed by atoms with Crippen LogP contribution in [0, 0.1) is 0 Å². The third kappa shape index (κ3) is 2.79. The second-order valence-electron chi connectivity index (χ2n) is 5.99. The first-order valence-corrected chi connectivity index (χ1v) is 7.45. The van der Waals surface area contributed by atoms with Crippen LogP contribution in [-0.4, -0.2) is 28.8 Å². The number of ether oxygens (including phenoxy) is 2. The highest BCUT2D eigenvalue weighted by molar-refractivity contribution is 5.64. The van der Waals surface area contributed by atoms with E-state index in [0.29, 0.717) is 38.2 Å². The zero-order valence-electron chi connectivity index (χ0n) is 12.6. The van der Waals surface area contributed by atoms with Crippen molar-refractivity contribution < 1.29 is 22.6 Å². The predicted octanol–water partition coefficient (Wildman–Crippen LogP) is 3.79. The average molecular weight is 316 g/mol. The topological polar surface area (TPSA) is 36.3 Å². The van der Waals surface area contributed by atoms with Crippen LogP contribution in [0.5, 0.6) is 0 Å². The Morgan fingerprint density at radius 3 is 2.45 bits per heavy atom. The molecule has 0 saturated carbocycles. The van der Waals surface area contributed by atoms with Gasteiger partial charge in [0.15, 0.2) is 11.5 Å². The van der Waals surface area contributed by atoms with Gasteiger partial charge in [0.1, 0.15) is 0 Å². The Bertz CT molecular complexity index is 584. The van der Waals surface area contributed by atoms with Crippen LogP contribution in [0.4, 0.5) is 13.2 Å². The Hall–Kier alpha value is -1.34.